The number of anilines is 6. The summed E-state index contributed by atoms with van der Waals surface area (Å²) >= 11 is 11.9. The first-order chi connectivity index (χ1) is 40.3. The van der Waals surface area contributed by atoms with E-state index in [4.69, 9.17) is 37.4 Å². The minimum atomic E-state index is -4.70. The van der Waals surface area contributed by atoms with E-state index in [2.05, 4.69) is 46.1 Å². The van der Waals surface area contributed by atoms with E-state index in [-0.39, 0.29) is 41.6 Å². The lowest BCUT2D eigenvalue weighted by atomic mass is 10.2. The van der Waals surface area contributed by atoms with Gasteiger partial charge in [-0.1, -0.05) is 37.0 Å². The zero-order valence-electron chi connectivity index (χ0n) is 46.9. The van der Waals surface area contributed by atoms with Crippen LogP contribution in [0.2, 0.25) is 10.3 Å². The van der Waals surface area contributed by atoms with Gasteiger partial charge in [0.25, 0.3) is 11.1 Å². The summed E-state index contributed by atoms with van der Waals surface area (Å²) in [5.41, 5.74) is -2.12. The molecule has 0 aliphatic carbocycles. The minimum Gasteiger partial charge on any atom is -0.444 e. The SMILES string of the molecule is CCc1c(N2CCN(C(=O)OC(C)(C)C)CC2)c(=O)n2nc(N3CCOCC3)nc2n1CC(=O)Nc1ccc(C(F)(F)F)nc1Cl.CCc1c(N2CCNCC2)c(=O)n2nc(N3CCOCC3)nc2n1CC(=O)Nc1ccc(C(F)(F)F)nc1Cl. The number of pyridine rings is 2. The molecule has 0 unspecified atom stereocenters. The van der Waals surface area contributed by atoms with Crippen molar-refractivity contribution in [2.24, 2.45) is 0 Å². The molecule has 0 radical (unpaired) electrons. The van der Waals surface area contributed by atoms with Gasteiger partial charge in [-0.25, -0.2) is 14.8 Å². The zero-order valence-corrected chi connectivity index (χ0v) is 48.5. The summed E-state index contributed by atoms with van der Waals surface area (Å²) in [4.78, 5) is 92.1. The highest BCUT2D eigenvalue weighted by molar-refractivity contribution is 6.32. The van der Waals surface area contributed by atoms with Gasteiger partial charge in [0.1, 0.15) is 41.5 Å². The molecular formula is C51H62Cl2F6N18O8. The Labute approximate surface area is 490 Å². The number of rotatable bonds is 12. The number of morpholine rings is 2. The maximum Gasteiger partial charge on any atom is 0.433 e. The van der Waals surface area contributed by atoms with E-state index >= 15 is 0 Å². The quantitative estimate of drug-likeness (QED) is 0.113. The van der Waals surface area contributed by atoms with Crippen LogP contribution < -0.4 is 46.7 Å². The molecule has 10 heterocycles. The van der Waals surface area contributed by atoms with E-state index in [1.54, 1.807) is 34.8 Å². The first-order valence-electron chi connectivity index (χ1n) is 27.3. The van der Waals surface area contributed by atoms with Crippen molar-refractivity contribution in [1.29, 1.82) is 0 Å². The third-order valence-corrected chi connectivity index (χ3v) is 14.6. The maximum atomic E-state index is 14.0. The van der Waals surface area contributed by atoms with Crippen molar-refractivity contribution in [3.8, 4) is 0 Å². The van der Waals surface area contributed by atoms with Crippen LogP contribution in [0.5, 0.6) is 0 Å². The number of nitrogens with one attached hydrogen (secondary N) is 3. The highest BCUT2D eigenvalue weighted by atomic mass is 35.5. The van der Waals surface area contributed by atoms with Crippen LogP contribution in [0.25, 0.3) is 11.6 Å². The minimum absolute atomic E-state index is 0.0671. The molecule has 4 aliphatic rings. The molecule has 0 saturated carbocycles. The predicted octanol–water partition coefficient (Wildman–Crippen LogP) is 4.46. The molecule has 4 aliphatic heterocycles. The smallest absolute Gasteiger partial charge is 0.433 e. The van der Waals surface area contributed by atoms with Gasteiger partial charge < -0.3 is 63.8 Å². The van der Waals surface area contributed by atoms with Gasteiger partial charge in [0.05, 0.1) is 49.2 Å². The largest absolute Gasteiger partial charge is 0.444 e. The predicted molar refractivity (Wildman–Crippen MR) is 300 cm³/mol. The van der Waals surface area contributed by atoms with Crippen molar-refractivity contribution in [1.82, 2.24) is 58.5 Å². The van der Waals surface area contributed by atoms with Crippen LogP contribution in [0.3, 0.4) is 0 Å². The lowest BCUT2D eigenvalue weighted by Gasteiger charge is -2.37. The normalized spacial score (nSPS) is 16.4. The second-order valence-electron chi connectivity index (χ2n) is 20.9. The van der Waals surface area contributed by atoms with Gasteiger partial charge in [-0.2, -0.15) is 45.3 Å². The van der Waals surface area contributed by atoms with Gasteiger partial charge >= 0.3 is 18.4 Å². The molecule has 0 bridgehead atoms. The Kier molecular flexibility index (Phi) is 18.7. The van der Waals surface area contributed by atoms with Crippen LogP contribution in [-0.2, 0) is 62.1 Å². The number of nitrogens with zero attached hydrogens (tertiary/aromatic N) is 15. The topological polar surface area (TPSA) is 261 Å². The van der Waals surface area contributed by atoms with Crippen LogP contribution in [0.15, 0.2) is 33.9 Å². The monoisotopic (exact) mass is 1240 g/mol. The number of hydrogen-bond donors (Lipinski definition) is 3. The molecular weight excluding hydrogens is 1180 g/mol. The van der Waals surface area contributed by atoms with E-state index < -0.39 is 63.1 Å². The molecule has 4 fully saturated rings. The van der Waals surface area contributed by atoms with Crippen molar-refractivity contribution in [2.45, 2.75) is 78.5 Å². The van der Waals surface area contributed by atoms with Gasteiger partial charge in [0, 0.05) is 78.5 Å². The molecule has 6 aromatic rings. The summed E-state index contributed by atoms with van der Waals surface area (Å²) in [5.74, 6) is -0.283. The summed E-state index contributed by atoms with van der Waals surface area (Å²) in [5, 5.41) is 16.3. The third-order valence-electron chi connectivity index (χ3n) is 14.0. The van der Waals surface area contributed by atoms with Crippen molar-refractivity contribution in [2.75, 3.05) is 135 Å². The Bertz CT molecular complexity index is 3560. The van der Waals surface area contributed by atoms with Crippen LogP contribution in [0, 0.1) is 0 Å². The van der Waals surface area contributed by atoms with Crippen molar-refractivity contribution < 1.29 is 54.9 Å². The lowest BCUT2D eigenvalue weighted by molar-refractivity contribution is -0.141. The van der Waals surface area contributed by atoms with Gasteiger partial charge in [-0.15, -0.1) is 10.2 Å². The van der Waals surface area contributed by atoms with Gasteiger partial charge in [-0.05, 0) is 57.9 Å². The number of halogens is 8. The highest BCUT2D eigenvalue weighted by Gasteiger charge is 2.36. The molecule has 3 amide bonds. The maximum absolute atomic E-state index is 14.0. The molecule has 460 valence electrons. The average Bonchev–Trinajstić information content (AvgIpc) is 1.83. The van der Waals surface area contributed by atoms with Gasteiger partial charge in [-0.3, -0.25) is 19.2 Å². The van der Waals surface area contributed by atoms with Crippen molar-refractivity contribution in [3.05, 3.63) is 78.1 Å². The van der Waals surface area contributed by atoms with Crippen LogP contribution in [0.1, 0.15) is 57.4 Å². The summed E-state index contributed by atoms with van der Waals surface area (Å²) in [6.07, 6.45) is -9.08. The summed E-state index contributed by atoms with van der Waals surface area (Å²) in [6.45, 7) is 16.2. The number of hydrogen-bond acceptors (Lipinski definition) is 19. The molecule has 0 aromatic carbocycles. The Morgan fingerprint density at radius 1 is 0.588 bits per heavy atom. The average molecular weight is 1240 g/mol. The Hall–Kier alpha value is -7.55. The van der Waals surface area contributed by atoms with E-state index in [0.717, 1.165) is 28.8 Å². The summed E-state index contributed by atoms with van der Waals surface area (Å²) in [6, 6.07) is 3.55. The molecule has 6 aromatic heterocycles. The molecule has 3 N–H and O–H groups in total. The fourth-order valence-corrected chi connectivity index (χ4v) is 10.4. The van der Waals surface area contributed by atoms with Gasteiger partial charge in [0.15, 0.2) is 10.3 Å². The lowest BCUT2D eigenvalue weighted by Crippen LogP contribution is -2.51. The number of carbonyl (C=O) groups is 3. The Morgan fingerprint density at radius 2 is 0.988 bits per heavy atom. The number of alkyl halides is 6. The highest BCUT2D eigenvalue weighted by Crippen LogP contribution is 2.33. The second-order valence-corrected chi connectivity index (χ2v) is 21.6. The fourth-order valence-electron chi connectivity index (χ4n) is 10.00. The van der Waals surface area contributed by atoms with E-state index in [0.29, 0.717) is 152 Å². The molecule has 0 spiro atoms. The number of piperazine rings is 2. The first kappa shape index (κ1) is 62.0. The number of amides is 3. The first-order valence-corrected chi connectivity index (χ1v) is 28.0. The zero-order chi connectivity index (χ0) is 61.1. The van der Waals surface area contributed by atoms with Crippen molar-refractivity contribution in [3.63, 3.8) is 0 Å². The fraction of sp³-hybridized carbons (Fsp3) is 0.549. The molecule has 4 saturated heterocycles. The van der Waals surface area contributed by atoms with Crippen LogP contribution in [-0.4, -0.2) is 182 Å². The van der Waals surface area contributed by atoms with E-state index in [1.807, 2.05) is 33.4 Å². The second kappa shape index (κ2) is 25.6. The number of carbonyl (C=O) groups excluding carboxylic acids is 3. The molecule has 10 rings (SSSR count). The van der Waals surface area contributed by atoms with Crippen LogP contribution in [0.4, 0.5) is 65.8 Å². The Balaban J connectivity index is 0.000000206. The molecule has 34 heteroatoms. The molecule has 0 atom stereocenters. The van der Waals surface area contributed by atoms with Crippen LogP contribution >= 0.6 is 23.2 Å². The molecule has 85 heavy (non-hydrogen) atoms. The standard InChI is InChI=1S/C28H35ClF3N9O5.C23H27ClF3N9O3/c1-5-18-21(37-8-10-39(11-9-37)26(44)46-27(2,3)4)23(43)41-25(35-24(36-41)38-12-14-45-15-13-38)40(18)16-20(42)33-17-6-7-19(28(30,31)32)34-22(17)29;1-2-15-18(33-7-5-28-6-8-33)20(38)36-22(31-21(32-36)34-9-11-39-12-10-34)35(15)13-17(37)29-14-3-4-16(23(25,26)27)30-19(14)24/h6-7H,5,8-16H2,1-4H3,(H,33,42);3-4,28H,2,5-13H2,1H3,(H,29,37). The number of fused-ring (bicyclic) bond motifs is 2. The number of ether oxygens (including phenoxy) is 3. The summed E-state index contributed by atoms with van der Waals surface area (Å²) < 4.78 is 100. The Morgan fingerprint density at radius 3 is 1.35 bits per heavy atom. The summed E-state index contributed by atoms with van der Waals surface area (Å²) in [7, 11) is 0. The van der Waals surface area contributed by atoms with Gasteiger partial charge in [0.2, 0.25) is 35.3 Å². The van der Waals surface area contributed by atoms with Crippen molar-refractivity contribution >= 4 is 87.3 Å². The van der Waals surface area contributed by atoms with E-state index in [9.17, 15) is 50.3 Å². The number of aromatic nitrogens is 10. The molecule has 26 nitrogen and oxygen atoms in total. The van der Waals surface area contributed by atoms with E-state index in [1.165, 1.54) is 4.52 Å². The third kappa shape index (κ3) is 14.1.